The number of amides is 1. The molecule has 110 valence electrons. The topological polar surface area (TPSA) is 81.4 Å². The van der Waals surface area contributed by atoms with Crippen LogP contribution < -0.4 is 5.32 Å². The summed E-state index contributed by atoms with van der Waals surface area (Å²) in [5.41, 5.74) is 0.803. The van der Waals surface area contributed by atoms with E-state index in [1.54, 1.807) is 6.92 Å². The maximum atomic E-state index is 13.0. The molecule has 1 aromatic carbocycles. The third kappa shape index (κ3) is 3.88. The first-order chi connectivity index (χ1) is 9.95. The van der Waals surface area contributed by atoms with Crippen LogP contribution in [0.5, 0.6) is 0 Å². The van der Waals surface area contributed by atoms with Crippen molar-refractivity contribution in [1.82, 2.24) is 5.16 Å². The fraction of sp³-hybridized carbons (Fsp3) is 0.214. The standard InChI is InChI=1S/C14H13FN2O4/c1-8-6-12(21-17-8)14(19)20-9(2)13(18)16-11-5-3-4-10(15)7-11/h3-7,9H,1-2H3,(H,16,18)/t9-/m0/s1. The van der Waals surface area contributed by atoms with Crippen LogP contribution in [0, 0.1) is 12.7 Å². The molecule has 0 bridgehead atoms. The number of aryl methyl sites for hydroxylation is 1. The van der Waals surface area contributed by atoms with E-state index in [0.29, 0.717) is 5.69 Å². The zero-order valence-electron chi connectivity index (χ0n) is 11.4. The second-order valence-corrected chi connectivity index (χ2v) is 4.38. The Hall–Kier alpha value is -2.70. The summed E-state index contributed by atoms with van der Waals surface area (Å²) < 4.78 is 22.7. The van der Waals surface area contributed by atoms with Gasteiger partial charge in [0.25, 0.3) is 5.91 Å². The van der Waals surface area contributed by atoms with Crippen molar-refractivity contribution in [3.05, 3.63) is 47.6 Å². The van der Waals surface area contributed by atoms with Crippen LogP contribution in [0.4, 0.5) is 10.1 Å². The average molecular weight is 292 g/mol. The number of halogens is 1. The lowest BCUT2D eigenvalue weighted by Crippen LogP contribution is -2.29. The van der Waals surface area contributed by atoms with Gasteiger partial charge in [-0.3, -0.25) is 4.79 Å². The number of nitrogens with zero attached hydrogens (tertiary/aromatic N) is 1. The van der Waals surface area contributed by atoms with Gasteiger partial charge in [0, 0.05) is 11.8 Å². The molecule has 2 rings (SSSR count). The zero-order valence-corrected chi connectivity index (χ0v) is 11.4. The monoisotopic (exact) mass is 292 g/mol. The SMILES string of the molecule is Cc1cc(C(=O)O[C@@H](C)C(=O)Nc2cccc(F)c2)on1. The van der Waals surface area contributed by atoms with E-state index in [1.165, 1.54) is 31.2 Å². The van der Waals surface area contributed by atoms with Gasteiger partial charge in [0.1, 0.15) is 5.82 Å². The van der Waals surface area contributed by atoms with E-state index in [-0.39, 0.29) is 11.4 Å². The second kappa shape index (κ2) is 6.17. The summed E-state index contributed by atoms with van der Waals surface area (Å²) in [5.74, 6) is -1.94. The number of ether oxygens (including phenoxy) is 1. The van der Waals surface area contributed by atoms with Gasteiger partial charge in [-0.1, -0.05) is 11.2 Å². The molecule has 2 aromatic rings. The largest absolute Gasteiger partial charge is 0.447 e. The number of nitrogens with one attached hydrogen (secondary N) is 1. The van der Waals surface area contributed by atoms with Crippen LogP contribution in [0.1, 0.15) is 23.2 Å². The fourth-order valence-corrected chi connectivity index (χ4v) is 1.54. The summed E-state index contributed by atoms with van der Waals surface area (Å²) in [5, 5.41) is 5.99. The molecule has 0 aliphatic heterocycles. The Morgan fingerprint density at radius 3 is 2.76 bits per heavy atom. The van der Waals surface area contributed by atoms with Crippen molar-refractivity contribution < 1.29 is 23.2 Å². The van der Waals surface area contributed by atoms with E-state index in [4.69, 9.17) is 9.26 Å². The van der Waals surface area contributed by atoms with Crippen LogP contribution in [-0.2, 0) is 9.53 Å². The lowest BCUT2D eigenvalue weighted by Gasteiger charge is -2.12. The number of carbonyl (C=O) groups is 2. The normalized spacial score (nSPS) is 11.8. The molecule has 21 heavy (non-hydrogen) atoms. The molecule has 1 aromatic heterocycles. The Labute approximate surface area is 119 Å². The van der Waals surface area contributed by atoms with Gasteiger partial charge >= 0.3 is 5.97 Å². The lowest BCUT2D eigenvalue weighted by molar-refractivity contribution is -0.123. The number of carbonyl (C=O) groups excluding carboxylic acids is 2. The quantitative estimate of drug-likeness (QED) is 0.874. The second-order valence-electron chi connectivity index (χ2n) is 4.38. The lowest BCUT2D eigenvalue weighted by atomic mass is 10.3. The summed E-state index contributed by atoms with van der Waals surface area (Å²) in [6.45, 7) is 3.05. The highest BCUT2D eigenvalue weighted by atomic mass is 19.1. The van der Waals surface area contributed by atoms with Crippen molar-refractivity contribution in [2.24, 2.45) is 0 Å². The number of anilines is 1. The third-order valence-corrected chi connectivity index (χ3v) is 2.57. The Morgan fingerprint density at radius 2 is 2.14 bits per heavy atom. The summed E-state index contributed by atoms with van der Waals surface area (Å²) in [7, 11) is 0. The minimum atomic E-state index is -1.06. The number of aromatic nitrogens is 1. The van der Waals surface area contributed by atoms with E-state index in [0.717, 1.165) is 6.07 Å². The molecule has 0 aliphatic rings. The molecule has 6 nitrogen and oxygen atoms in total. The van der Waals surface area contributed by atoms with Crippen molar-refractivity contribution >= 4 is 17.6 Å². The predicted octanol–water partition coefficient (Wildman–Crippen LogP) is 2.31. The Kier molecular flexibility index (Phi) is 4.32. The van der Waals surface area contributed by atoms with Crippen LogP contribution in [0.3, 0.4) is 0 Å². The van der Waals surface area contributed by atoms with Crippen LogP contribution in [0.25, 0.3) is 0 Å². The van der Waals surface area contributed by atoms with Gasteiger partial charge in [-0.2, -0.15) is 0 Å². The summed E-state index contributed by atoms with van der Waals surface area (Å²) in [6, 6.07) is 6.80. The van der Waals surface area contributed by atoms with Crippen molar-refractivity contribution in [2.45, 2.75) is 20.0 Å². The molecule has 0 saturated heterocycles. The summed E-state index contributed by atoms with van der Waals surface area (Å²) >= 11 is 0. The van der Waals surface area contributed by atoms with Gasteiger partial charge in [0.15, 0.2) is 6.10 Å². The Balaban J connectivity index is 1.95. The van der Waals surface area contributed by atoms with Crippen molar-refractivity contribution in [3.8, 4) is 0 Å². The maximum Gasteiger partial charge on any atom is 0.377 e. The molecule has 0 spiro atoms. The fourth-order valence-electron chi connectivity index (χ4n) is 1.54. The van der Waals surface area contributed by atoms with E-state index < -0.39 is 23.8 Å². The highest BCUT2D eigenvalue weighted by molar-refractivity contribution is 5.96. The van der Waals surface area contributed by atoms with Crippen molar-refractivity contribution in [2.75, 3.05) is 5.32 Å². The molecule has 0 unspecified atom stereocenters. The van der Waals surface area contributed by atoms with Crippen molar-refractivity contribution in [1.29, 1.82) is 0 Å². The van der Waals surface area contributed by atoms with Crippen LogP contribution in [-0.4, -0.2) is 23.1 Å². The van der Waals surface area contributed by atoms with Gasteiger partial charge in [0.05, 0.1) is 5.69 Å². The smallest absolute Gasteiger partial charge is 0.377 e. The van der Waals surface area contributed by atoms with Gasteiger partial charge in [0.2, 0.25) is 5.76 Å². The molecule has 1 atom stereocenters. The van der Waals surface area contributed by atoms with E-state index in [2.05, 4.69) is 10.5 Å². The van der Waals surface area contributed by atoms with Crippen LogP contribution >= 0.6 is 0 Å². The van der Waals surface area contributed by atoms with Gasteiger partial charge in [-0.25, -0.2) is 9.18 Å². The summed E-state index contributed by atoms with van der Waals surface area (Å²) in [4.78, 5) is 23.5. The molecule has 1 N–H and O–H groups in total. The molecule has 7 heteroatoms. The molecular formula is C14H13FN2O4. The predicted molar refractivity (Wildman–Crippen MR) is 71.1 cm³/mol. The summed E-state index contributed by atoms with van der Waals surface area (Å²) in [6.07, 6.45) is -1.06. The van der Waals surface area contributed by atoms with E-state index >= 15 is 0 Å². The molecule has 0 fully saturated rings. The van der Waals surface area contributed by atoms with Crippen LogP contribution in [0.15, 0.2) is 34.9 Å². The van der Waals surface area contributed by atoms with Gasteiger partial charge in [-0.05, 0) is 32.0 Å². The molecule has 0 radical (unpaired) electrons. The number of hydrogen-bond acceptors (Lipinski definition) is 5. The minimum Gasteiger partial charge on any atom is -0.447 e. The molecule has 0 saturated carbocycles. The number of hydrogen-bond donors (Lipinski definition) is 1. The molecule has 0 aliphatic carbocycles. The van der Waals surface area contributed by atoms with E-state index in [9.17, 15) is 14.0 Å². The van der Waals surface area contributed by atoms with Crippen molar-refractivity contribution in [3.63, 3.8) is 0 Å². The number of esters is 1. The first-order valence-corrected chi connectivity index (χ1v) is 6.16. The first-order valence-electron chi connectivity index (χ1n) is 6.16. The average Bonchev–Trinajstić information content (AvgIpc) is 2.85. The molecule has 1 heterocycles. The highest BCUT2D eigenvalue weighted by Crippen LogP contribution is 2.11. The third-order valence-electron chi connectivity index (χ3n) is 2.57. The zero-order chi connectivity index (χ0) is 15.4. The Morgan fingerprint density at radius 1 is 1.38 bits per heavy atom. The first kappa shape index (κ1) is 14.7. The molecule has 1 amide bonds. The van der Waals surface area contributed by atoms with Gasteiger partial charge < -0.3 is 14.6 Å². The van der Waals surface area contributed by atoms with Gasteiger partial charge in [-0.15, -0.1) is 0 Å². The van der Waals surface area contributed by atoms with E-state index in [1.807, 2.05) is 0 Å². The molecular weight excluding hydrogens is 279 g/mol. The maximum absolute atomic E-state index is 13.0. The highest BCUT2D eigenvalue weighted by Gasteiger charge is 2.21. The number of rotatable bonds is 4. The van der Waals surface area contributed by atoms with Crippen LogP contribution in [0.2, 0.25) is 0 Å². The Bertz CT molecular complexity index is 668. The minimum absolute atomic E-state index is 0.0853. The number of benzene rings is 1.